The Balaban J connectivity index is 2.41. The number of ether oxygens (including phenoxy) is 1. The largest absolute Gasteiger partial charge is 0.468 e. The summed E-state index contributed by atoms with van der Waals surface area (Å²) in [6.07, 6.45) is 4.94. The average Bonchev–Trinajstić information content (AvgIpc) is 2.63. The SMILES string of the molecule is COC(=O)[C@]12CCC(=O)CCC1CCCCC2=O. The number of Topliss-reactive ketones (excluding diaryl/α,β-unsaturated/α-hetero) is 2. The van der Waals surface area contributed by atoms with Crippen molar-refractivity contribution in [2.75, 3.05) is 7.11 Å². The highest BCUT2D eigenvalue weighted by molar-refractivity contribution is 6.05. The molecule has 0 aliphatic heterocycles. The van der Waals surface area contributed by atoms with Crippen LogP contribution in [0.1, 0.15) is 51.4 Å². The summed E-state index contributed by atoms with van der Waals surface area (Å²) in [5.41, 5.74) is -1.03. The fourth-order valence-corrected chi connectivity index (χ4v) is 3.47. The molecule has 0 bridgehead atoms. The molecule has 0 aromatic heterocycles. The Bertz CT molecular complexity index is 374. The fourth-order valence-electron chi connectivity index (χ4n) is 3.47. The lowest BCUT2D eigenvalue weighted by atomic mass is 9.68. The third-order valence-electron chi connectivity index (χ3n) is 4.52. The second-order valence-electron chi connectivity index (χ2n) is 5.41. The van der Waals surface area contributed by atoms with E-state index in [-0.39, 0.29) is 17.5 Å². The van der Waals surface area contributed by atoms with Gasteiger partial charge in [-0.1, -0.05) is 6.42 Å². The molecule has 4 nitrogen and oxygen atoms in total. The molecule has 0 heterocycles. The summed E-state index contributed by atoms with van der Waals surface area (Å²) in [7, 11) is 1.33. The van der Waals surface area contributed by atoms with E-state index in [0.717, 1.165) is 19.3 Å². The molecule has 100 valence electrons. The predicted octanol–water partition coefficient (Wildman–Crippen LogP) is 2.05. The number of carbonyl (C=O) groups is 3. The summed E-state index contributed by atoms with van der Waals surface area (Å²) >= 11 is 0. The number of carbonyl (C=O) groups excluding carboxylic acids is 3. The number of methoxy groups -OCH3 is 1. The molecule has 0 saturated heterocycles. The smallest absolute Gasteiger partial charge is 0.319 e. The first-order valence-electron chi connectivity index (χ1n) is 6.74. The minimum Gasteiger partial charge on any atom is -0.468 e. The van der Waals surface area contributed by atoms with Gasteiger partial charge < -0.3 is 4.74 Å². The molecule has 0 amide bonds. The van der Waals surface area contributed by atoms with Gasteiger partial charge >= 0.3 is 5.97 Å². The van der Waals surface area contributed by atoms with E-state index in [9.17, 15) is 14.4 Å². The van der Waals surface area contributed by atoms with Gasteiger partial charge in [-0.05, 0) is 31.6 Å². The summed E-state index contributed by atoms with van der Waals surface area (Å²) in [4.78, 5) is 36.2. The summed E-state index contributed by atoms with van der Waals surface area (Å²) in [5.74, 6) is -0.272. The van der Waals surface area contributed by atoms with Gasteiger partial charge in [-0.25, -0.2) is 0 Å². The second-order valence-corrected chi connectivity index (χ2v) is 5.41. The van der Waals surface area contributed by atoms with Crippen LogP contribution in [0.25, 0.3) is 0 Å². The molecule has 0 spiro atoms. The van der Waals surface area contributed by atoms with Crippen molar-refractivity contribution in [3.05, 3.63) is 0 Å². The summed E-state index contributed by atoms with van der Waals surface area (Å²) < 4.78 is 4.90. The van der Waals surface area contributed by atoms with Gasteiger partial charge in [0.25, 0.3) is 0 Å². The van der Waals surface area contributed by atoms with Gasteiger partial charge in [0, 0.05) is 19.3 Å². The fraction of sp³-hybridized carbons (Fsp3) is 0.786. The Morgan fingerprint density at radius 1 is 1.17 bits per heavy atom. The third kappa shape index (κ3) is 2.08. The Morgan fingerprint density at radius 2 is 1.94 bits per heavy atom. The number of hydrogen-bond donors (Lipinski definition) is 0. The van der Waals surface area contributed by atoms with Gasteiger partial charge in [-0.2, -0.15) is 0 Å². The van der Waals surface area contributed by atoms with E-state index < -0.39 is 11.4 Å². The molecule has 0 aromatic carbocycles. The van der Waals surface area contributed by atoms with E-state index in [0.29, 0.717) is 32.1 Å². The van der Waals surface area contributed by atoms with Crippen LogP contribution in [0.15, 0.2) is 0 Å². The van der Waals surface area contributed by atoms with Crippen LogP contribution >= 0.6 is 0 Å². The molecular weight excluding hydrogens is 232 g/mol. The van der Waals surface area contributed by atoms with Crippen molar-refractivity contribution in [3.8, 4) is 0 Å². The van der Waals surface area contributed by atoms with E-state index in [1.54, 1.807) is 0 Å². The molecule has 1 unspecified atom stereocenters. The van der Waals surface area contributed by atoms with E-state index in [2.05, 4.69) is 0 Å². The molecule has 4 heteroatoms. The highest BCUT2D eigenvalue weighted by Crippen LogP contribution is 2.46. The minimum absolute atomic E-state index is 0.00782. The lowest BCUT2D eigenvalue weighted by Crippen LogP contribution is -2.45. The van der Waals surface area contributed by atoms with Crippen LogP contribution in [0.4, 0.5) is 0 Å². The van der Waals surface area contributed by atoms with Crippen LogP contribution < -0.4 is 0 Å². The van der Waals surface area contributed by atoms with Crippen LogP contribution in [0.3, 0.4) is 0 Å². The maximum Gasteiger partial charge on any atom is 0.319 e. The summed E-state index contributed by atoms with van der Waals surface area (Å²) in [6.45, 7) is 0. The average molecular weight is 252 g/mol. The minimum atomic E-state index is -1.03. The van der Waals surface area contributed by atoms with Crippen LogP contribution in [0, 0.1) is 11.3 Å². The number of esters is 1. The first-order valence-corrected chi connectivity index (χ1v) is 6.74. The number of hydrogen-bond acceptors (Lipinski definition) is 4. The first kappa shape index (κ1) is 13.2. The Morgan fingerprint density at radius 3 is 2.67 bits per heavy atom. The molecule has 2 saturated carbocycles. The van der Waals surface area contributed by atoms with Crippen molar-refractivity contribution in [3.63, 3.8) is 0 Å². The zero-order chi connectivity index (χ0) is 13.2. The van der Waals surface area contributed by atoms with E-state index >= 15 is 0 Å². The zero-order valence-corrected chi connectivity index (χ0v) is 10.9. The Kier molecular flexibility index (Phi) is 3.83. The maximum absolute atomic E-state index is 12.4. The van der Waals surface area contributed by atoms with Gasteiger partial charge in [0.2, 0.25) is 0 Å². The second kappa shape index (κ2) is 5.21. The van der Waals surface area contributed by atoms with E-state index in [4.69, 9.17) is 4.74 Å². The summed E-state index contributed by atoms with van der Waals surface area (Å²) in [5, 5.41) is 0. The lowest BCUT2D eigenvalue weighted by Gasteiger charge is -2.34. The molecular formula is C14H20O4. The number of fused-ring (bicyclic) bond motifs is 1. The van der Waals surface area contributed by atoms with Gasteiger partial charge in [0.05, 0.1) is 7.11 Å². The lowest BCUT2D eigenvalue weighted by molar-refractivity contribution is -0.162. The van der Waals surface area contributed by atoms with Crippen molar-refractivity contribution in [2.45, 2.75) is 51.4 Å². The first-order chi connectivity index (χ1) is 8.61. The maximum atomic E-state index is 12.4. The molecule has 0 aromatic rings. The van der Waals surface area contributed by atoms with Crippen LogP contribution in [-0.4, -0.2) is 24.6 Å². The molecule has 2 atom stereocenters. The highest BCUT2D eigenvalue weighted by atomic mass is 16.5. The molecule has 2 aliphatic carbocycles. The molecule has 2 aliphatic rings. The molecule has 2 rings (SSSR count). The van der Waals surface area contributed by atoms with E-state index in [1.165, 1.54) is 7.11 Å². The quantitative estimate of drug-likeness (QED) is 0.529. The van der Waals surface area contributed by atoms with Gasteiger partial charge in [0.1, 0.15) is 17.0 Å². The Hall–Kier alpha value is -1.19. The topological polar surface area (TPSA) is 60.4 Å². The number of ketones is 2. The standard InChI is InChI=1S/C14H20O4/c1-18-13(17)14-9-8-11(15)7-6-10(14)4-2-3-5-12(14)16/h10H,2-9H2,1H3/t10?,14-/m1/s1. The third-order valence-corrected chi connectivity index (χ3v) is 4.52. The summed E-state index contributed by atoms with van der Waals surface area (Å²) in [6, 6.07) is 0. The van der Waals surface area contributed by atoms with E-state index in [1.807, 2.05) is 0 Å². The Labute approximate surface area is 107 Å². The molecule has 0 N–H and O–H groups in total. The molecule has 2 fully saturated rings. The van der Waals surface area contributed by atoms with Gasteiger partial charge in [-0.3, -0.25) is 14.4 Å². The molecule has 18 heavy (non-hydrogen) atoms. The van der Waals surface area contributed by atoms with Gasteiger partial charge in [-0.15, -0.1) is 0 Å². The van der Waals surface area contributed by atoms with Crippen molar-refractivity contribution in [2.24, 2.45) is 11.3 Å². The zero-order valence-electron chi connectivity index (χ0n) is 10.9. The van der Waals surface area contributed by atoms with Crippen LogP contribution in [-0.2, 0) is 19.1 Å². The highest BCUT2D eigenvalue weighted by Gasteiger charge is 2.53. The molecule has 0 radical (unpaired) electrons. The predicted molar refractivity (Wildman–Crippen MR) is 64.9 cm³/mol. The van der Waals surface area contributed by atoms with Crippen molar-refractivity contribution >= 4 is 17.5 Å². The van der Waals surface area contributed by atoms with Crippen LogP contribution in [0.2, 0.25) is 0 Å². The van der Waals surface area contributed by atoms with Crippen molar-refractivity contribution in [1.82, 2.24) is 0 Å². The van der Waals surface area contributed by atoms with Crippen LogP contribution in [0.5, 0.6) is 0 Å². The number of rotatable bonds is 1. The normalized spacial score (nSPS) is 33.3. The van der Waals surface area contributed by atoms with Gasteiger partial charge in [0.15, 0.2) is 0 Å². The van der Waals surface area contributed by atoms with Crippen molar-refractivity contribution in [1.29, 1.82) is 0 Å². The van der Waals surface area contributed by atoms with Crippen molar-refractivity contribution < 1.29 is 19.1 Å². The monoisotopic (exact) mass is 252 g/mol.